The predicted octanol–water partition coefficient (Wildman–Crippen LogP) is 16.5. The molecule has 9 aromatic carbocycles. The number of nitrogens with zero attached hydrogens (tertiary/aromatic N) is 2. The molecule has 69 heavy (non-hydrogen) atoms. The zero-order chi connectivity index (χ0) is 47.0. The highest BCUT2D eigenvalue weighted by atomic mass is 15.1. The topological polar surface area (TPSA) is 20.2 Å². The molecule has 1 radical (unpaired) electrons. The molecular weight excluding hydrogens is 834 g/mol. The van der Waals surface area contributed by atoms with Gasteiger partial charge < -0.3 is 14.8 Å². The molecule has 1 aliphatic carbocycles. The van der Waals surface area contributed by atoms with Gasteiger partial charge >= 0.3 is 0 Å². The highest BCUT2D eigenvalue weighted by molar-refractivity contribution is 6.73. The standard InChI is InChI=1S/C65H59BN3/c1-7-8-18-43-27-30-48(31-28-43)68(47-22-13-10-14-23-47)49-32-33-51(58(40-49)67-57-41-55-54(37-42(57)2)64(3,4)35-36-65(55,5)6)53-38-46(44-19-11-9-12-20-44)39-60-62(53)66-56-26-17-25-52-61-50-24-16-15-21-45(50)29-34-59(61)69(60)63(52)56/h9-17,19-34,37-41,67H,7-8,18,35-36H2,1-6H3. The van der Waals surface area contributed by atoms with Crippen LogP contribution in [0.25, 0.3) is 60.5 Å². The smallest absolute Gasteiger partial charge is 0.197 e. The van der Waals surface area contributed by atoms with Crippen molar-refractivity contribution in [1.29, 1.82) is 0 Å². The first kappa shape index (κ1) is 43.0. The summed E-state index contributed by atoms with van der Waals surface area (Å²) >= 11 is 0. The Morgan fingerprint density at radius 3 is 2.03 bits per heavy atom. The van der Waals surface area contributed by atoms with Gasteiger partial charge in [-0.2, -0.15) is 0 Å². The molecule has 2 heterocycles. The van der Waals surface area contributed by atoms with E-state index in [1.807, 2.05) is 0 Å². The van der Waals surface area contributed by atoms with Gasteiger partial charge in [-0.05, 0) is 159 Å². The summed E-state index contributed by atoms with van der Waals surface area (Å²) in [4.78, 5) is 2.41. The van der Waals surface area contributed by atoms with Gasteiger partial charge in [0.15, 0.2) is 7.28 Å². The number of rotatable bonds is 10. The highest BCUT2D eigenvalue weighted by Gasteiger charge is 2.38. The number of hydrogen-bond acceptors (Lipinski definition) is 2. The summed E-state index contributed by atoms with van der Waals surface area (Å²) < 4.78 is 2.55. The van der Waals surface area contributed by atoms with Crippen LogP contribution in [-0.4, -0.2) is 11.8 Å². The molecule has 12 rings (SSSR count). The molecule has 3 nitrogen and oxygen atoms in total. The molecule has 0 spiro atoms. The normalized spacial score (nSPS) is 14.3. The average Bonchev–Trinajstić information content (AvgIpc) is 3.72. The van der Waals surface area contributed by atoms with Crippen molar-refractivity contribution in [2.45, 2.75) is 84.5 Å². The van der Waals surface area contributed by atoms with Crippen molar-refractivity contribution in [3.05, 3.63) is 204 Å². The molecule has 0 saturated carbocycles. The summed E-state index contributed by atoms with van der Waals surface area (Å²) in [6.07, 6.45) is 5.81. The maximum Gasteiger partial charge on any atom is 0.197 e. The van der Waals surface area contributed by atoms with Crippen LogP contribution in [0.3, 0.4) is 0 Å². The Morgan fingerprint density at radius 1 is 0.580 bits per heavy atom. The van der Waals surface area contributed by atoms with E-state index in [1.54, 1.807) is 0 Å². The fourth-order valence-electron chi connectivity index (χ4n) is 11.6. The van der Waals surface area contributed by atoms with Crippen LogP contribution in [0.1, 0.15) is 82.6 Å². The van der Waals surface area contributed by atoms with E-state index in [4.69, 9.17) is 0 Å². The molecular formula is C65H59BN3. The number of para-hydroxylation sites is 2. The predicted molar refractivity (Wildman–Crippen MR) is 297 cm³/mol. The molecule has 2 aliphatic rings. The van der Waals surface area contributed by atoms with E-state index >= 15 is 0 Å². The van der Waals surface area contributed by atoms with Crippen LogP contribution in [0, 0.1) is 6.92 Å². The first-order valence-electron chi connectivity index (χ1n) is 25.1. The lowest BCUT2D eigenvalue weighted by Crippen LogP contribution is -2.37. The van der Waals surface area contributed by atoms with Crippen LogP contribution in [0.4, 0.5) is 28.4 Å². The Kier molecular flexibility index (Phi) is 10.4. The molecule has 10 aromatic rings. The Bertz CT molecular complexity index is 3600. The van der Waals surface area contributed by atoms with E-state index in [2.05, 4.69) is 246 Å². The van der Waals surface area contributed by atoms with E-state index < -0.39 is 0 Å². The third-order valence-corrected chi connectivity index (χ3v) is 15.6. The van der Waals surface area contributed by atoms with Gasteiger partial charge in [-0.1, -0.05) is 168 Å². The number of aryl methyl sites for hydroxylation is 2. The summed E-state index contributed by atoms with van der Waals surface area (Å²) in [5, 5.41) is 9.32. The molecule has 0 amide bonds. The van der Waals surface area contributed by atoms with Gasteiger partial charge in [-0.25, -0.2) is 0 Å². The van der Waals surface area contributed by atoms with Crippen molar-refractivity contribution < 1.29 is 0 Å². The largest absolute Gasteiger partial charge is 0.355 e. The fourth-order valence-corrected chi connectivity index (χ4v) is 11.6. The molecule has 337 valence electrons. The van der Waals surface area contributed by atoms with Gasteiger partial charge in [-0.15, -0.1) is 0 Å². The second-order valence-electron chi connectivity index (χ2n) is 21.0. The van der Waals surface area contributed by atoms with E-state index in [9.17, 15) is 0 Å². The lowest BCUT2D eigenvalue weighted by atomic mass is 9.58. The number of anilines is 5. The quantitative estimate of drug-likeness (QED) is 0.138. The molecule has 1 N–H and O–H groups in total. The zero-order valence-electron chi connectivity index (χ0n) is 40.8. The van der Waals surface area contributed by atoms with Crippen molar-refractivity contribution in [1.82, 2.24) is 4.57 Å². The zero-order valence-corrected chi connectivity index (χ0v) is 40.8. The Morgan fingerprint density at radius 2 is 1.26 bits per heavy atom. The first-order chi connectivity index (χ1) is 33.6. The van der Waals surface area contributed by atoms with Crippen LogP contribution in [-0.2, 0) is 17.3 Å². The number of unbranched alkanes of at least 4 members (excludes halogenated alkanes) is 1. The summed E-state index contributed by atoms with van der Waals surface area (Å²) in [6, 6.07) is 68.2. The van der Waals surface area contributed by atoms with Gasteiger partial charge in [0.25, 0.3) is 0 Å². The van der Waals surface area contributed by atoms with E-state index in [0.29, 0.717) is 0 Å². The molecule has 1 aromatic heterocycles. The van der Waals surface area contributed by atoms with Crippen molar-refractivity contribution in [3.8, 4) is 27.9 Å². The minimum Gasteiger partial charge on any atom is -0.355 e. The molecule has 0 unspecified atom stereocenters. The van der Waals surface area contributed by atoms with Crippen LogP contribution in [0.15, 0.2) is 182 Å². The van der Waals surface area contributed by atoms with E-state index in [1.165, 1.54) is 107 Å². The van der Waals surface area contributed by atoms with Crippen molar-refractivity contribution in [2.75, 3.05) is 10.2 Å². The van der Waals surface area contributed by atoms with Crippen LogP contribution in [0.5, 0.6) is 0 Å². The van der Waals surface area contributed by atoms with E-state index in [0.717, 1.165) is 46.8 Å². The summed E-state index contributed by atoms with van der Waals surface area (Å²) in [5.41, 5.74) is 22.2. The number of nitrogens with one attached hydrogen (secondary N) is 1. The third kappa shape index (κ3) is 7.35. The highest BCUT2D eigenvalue weighted by Crippen LogP contribution is 2.49. The summed E-state index contributed by atoms with van der Waals surface area (Å²) in [7, 11) is 2.45. The summed E-state index contributed by atoms with van der Waals surface area (Å²) in [6.45, 7) is 14.3. The number of aromatic nitrogens is 1. The second kappa shape index (κ2) is 16.7. The van der Waals surface area contributed by atoms with Crippen molar-refractivity contribution in [3.63, 3.8) is 0 Å². The van der Waals surface area contributed by atoms with E-state index in [-0.39, 0.29) is 10.8 Å². The molecule has 4 heteroatoms. The lowest BCUT2D eigenvalue weighted by Gasteiger charge is -2.42. The van der Waals surface area contributed by atoms with Crippen molar-refractivity contribution >= 4 is 79.2 Å². The van der Waals surface area contributed by atoms with Gasteiger partial charge in [0, 0.05) is 56.0 Å². The molecule has 0 bridgehead atoms. The molecule has 0 fully saturated rings. The van der Waals surface area contributed by atoms with Crippen LogP contribution in [0.2, 0.25) is 0 Å². The molecule has 0 saturated heterocycles. The van der Waals surface area contributed by atoms with Crippen LogP contribution < -0.4 is 21.1 Å². The Balaban J connectivity index is 1.12. The van der Waals surface area contributed by atoms with Gasteiger partial charge in [-0.3, -0.25) is 0 Å². The Labute approximate surface area is 408 Å². The maximum absolute atomic E-state index is 4.19. The number of hydrogen-bond donors (Lipinski definition) is 1. The third-order valence-electron chi connectivity index (χ3n) is 15.6. The van der Waals surface area contributed by atoms with Gasteiger partial charge in [0.2, 0.25) is 0 Å². The van der Waals surface area contributed by atoms with Crippen molar-refractivity contribution in [2.24, 2.45) is 0 Å². The molecule has 1 aliphatic heterocycles. The number of benzene rings is 9. The minimum atomic E-state index is 0.0642. The minimum absolute atomic E-state index is 0.0642. The monoisotopic (exact) mass is 892 g/mol. The maximum atomic E-state index is 4.19. The number of fused-ring (bicyclic) bond motifs is 8. The summed E-state index contributed by atoms with van der Waals surface area (Å²) in [5.74, 6) is 0. The lowest BCUT2D eigenvalue weighted by molar-refractivity contribution is 0.332. The molecule has 0 atom stereocenters. The second-order valence-corrected chi connectivity index (χ2v) is 21.0. The Hall–Kier alpha value is -7.30. The fraction of sp³-hybridized carbons (Fsp3) is 0.200. The van der Waals surface area contributed by atoms with Crippen LogP contribution >= 0.6 is 0 Å². The van der Waals surface area contributed by atoms with Gasteiger partial charge in [0.05, 0.1) is 5.52 Å². The average molecular weight is 893 g/mol. The van der Waals surface area contributed by atoms with Gasteiger partial charge in [0.1, 0.15) is 0 Å². The SMILES string of the molecule is CCCCc1ccc(N(c2ccccc2)c2ccc(-c3cc(-c4ccccc4)cc4c3[B]c3cccc5c6c7ccccc7ccc6n-4c35)c(Nc3cc4c(cc3C)C(C)(C)CCC4(C)C)c2)cc1. The first-order valence-corrected chi connectivity index (χ1v) is 25.1.